The summed E-state index contributed by atoms with van der Waals surface area (Å²) < 4.78 is 70.5. The van der Waals surface area contributed by atoms with Gasteiger partial charge in [-0.15, -0.1) is 0 Å². The molecule has 3 rings (SSSR count). The molecule has 2 aromatic heterocycles. The van der Waals surface area contributed by atoms with Gasteiger partial charge in [0.15, 0.2) is 0 Å². The molecule has 12 heteroatoms. The quantitative estimate of drug-likeness (QED) is 0.429. The number of nitrogens with two attached hydrogens (primary N) is 1. The highest BCUT2D eigenvalue weighted by Crippen LogP contribution is 2.38. The summed E-state index contributed by atoms with van der Waals surface area (Å²) in [5.74, 6) is -2.03. The van der Waals surface area contributed by atoms with Crippen molar-refractivity contribution in [3.05, 3.63) is 70.9 Å². The SMILES string of the molecule is Cc1cc(C(=O)Nc2ccnc([S@](N)=O)c2)c(Oc2ccc(F)nc2C)cc1C(F)(F)F. The number of alkyl halides is 3. The number of hydrogen-bond donors (Lipinski definition) is 2. The lowest BCUT2D eigenvalue weighted by molar-refractivity contribution is -0.138. The monoisotopic (exact) mass is 468 g/mol. The lowest BCUT2D eigenvalue weighted by atomic mass is 10.0. The Morgan fingerprint density at radius 1 is 1.12 bits per heavy atom. The molecular formula is C20H16F4N4O3S. The normalized spacial score (nSPS) is 12.3. The van der Waals surface area contributed by atoms with Crippen LogP contribution in [-0.2, 0) is 17.2 Å². The summed E-state index contributed by atoms with van der Waals surface area (Å²) in [5, 5.41) is 7.75. The van der Waals surface area contributed by atoms with E-state index in [1.807, 2.05) is 0 Å². The van der Waals surface area contributed by atoms with Gasteiger partial charge >= 0.3 is 6.18 Å². The molecular weight excluding hydrogens is 452 g/mol. The number of pyridine rings is 2. The van der Waals surface area contributed by atoms with Crippen molar-refractivity contribution in [1.29, 1.82) is 0 Å². The maximum absolute atomic E-state index is 13.4. The third-order valence-electron chi connectivity index (χ3n) is 4.30. The first kappa shape index (κ1) is 23.3. The fourth-order valence-electron chi connectivity index (χ4n) is 2.79. The molecule has 3 aromatic rings. The number of halogens is 4. The fourth-order valence-corrected chi connectivity index (χ4v) is 3.20. The molecule has 3 N–H and O–H groups in total. The van der Waals surface area contributed by atoms with E-state index in [0.717, 1.165) is 12.1 Å². The van der Waals surface area contributed by atoms with Gasteiger partial charge in [0.05, 0.1) is 16.8 Å². The number of carbonyl (C=O) groups is 1. The Morgan fingerprint density at radius 3 is 2.47 bits per heavy atom. The standard InChI is InChI=1S/C20H16F4N4O3S/c1-10-7-13(19(29)28-12-5-6-26-18(8-12)32(25)30)16(9-14(10)20(22,23)24)31-15-3-4-17(21)27-11(15)2/h3-9H,25H2,1-2H3,(H,26,28,29)/t32-/m1/s1. The Morgan fingerprint density at radius 2 is 1.84 bits per heavy atom. The zero-order valence-corrected chi connectivity index (χ0v) is 17.5. The molecule has 168 valence electrons. The second kappa shape index (κ2) is 9.01. The summed E-state index contributed by atoms with van der Waals surface area (Å²) >= 11 is 0. The lowest BCUT2D eigenvalue weighted by Crippen LogP contribution is -2.16. The van der Waals surface area contributed by atoms with Crippen LogP contribution in [0.3, 0.4) is 0 Å². The van der Waals surface area contributed by atoms with Crippen molar-refractivity contribution >= 4 is 22.6 Å². The van der Waals surface area contributed by atoms with Crippen molar-refractivity contribution in [2.75, 3.05) is 5.32 Å². The molecule has 0 fully saturated rings. The van der Waals surface area contributed by atoms with Gasteiger partial charge in [0.2, 0.25) is 5.95 Å². The number of benzene rings is 1. The summed E-state index contributed by atoms with van der Waals surface area (Å²) in [5.41, 5.74) is -1.17. The maximum Gasteiger partial charge on any atom is 0.416 e. The van der Waals surface area contributed by atoms with Gasteiger partial charge in [0.25, 0.3) is 5.91 Å². The average molecular weight is 468 g/mol. The number of aromatic nitrogens is 2. The number of nitrogens with one attached hydrogen (secondary N) is 1. The van der Waals surface area contributed by atoms with Crippen molar-refractivity contribution in [3.8, 4) is 11.5 Å². The molecule has 0 spiro atoms. The molecule has 0 aliphatic carbocycles. The largest absolute Gasteiger partial charge is 0.455 e. The first-order chi connectivity index (χ1) is 15.0. The second-order valence-electron chi connectivity index (χ2n) is 6.61. The van der Waals surface area contributed by atoms with Crippen molar-refractivity contribution in [2.45, 2.75) is 25.0 Å². The van der Waals surface area contributed by atoms with Crippen molar-refractivity contribution in [3.63, 3.8) is 0 Å². The Labute approximate surface area is 182 Å². The number of ether oxygens (including phenoxy) is 1. The minimum Gasteiger partial charge on any atom is -0.455 e. The zero-order valence-electron chi connectivity index (χ0n) is 16.7. The number of hydrogen-bond acceptors (Lipinski definition) is 5. The summed E-state index contributed by atoms with van der Waals surface area (Å²) in [7, 11) is -1.90. The van der Waals surface area contributed by atoms with Crippen LogP contribution >= 0.6 is 0 Å². The summed E-state index contributed by atoms with van der Waals surface area (Å²) in [4.78, 5) is 20.2. The van der Waals surface area contributed by atoms with E-state index in [1.165, 1.54) is 38.2 Å². The smallest absolute Gasteiger partial charge is 0.416 e. The van der Waals surface area contributed by atoms with Gasteiger partial charge in [-0.2, -0.15) is 17.6 Å². The number of carbonyl (C=O) groups excluding carboxylic acids is 1. The molecule has 1 amide bonds. The van der Waals surface area contributed by atoms with E-state index in [1.54, 1.807) is 0 Å². The Bertz CT molecular complexity index is 1220. The Hall–Kier alpha value is -3.38. The number of aryl methyl sites for hydroxylation is 2. The summed E-state index contributed by atoms with van der Waals surface area (Å²) in [6.07, 6.45) is -3.43. The molecule has 0 aliphatic rings. The molecule has 1 aromatic carbocycles. The molecule has 1 atom stereocenters. The Kier molecular flexibility index (Phi) is 6.55. The molecule has 0 unspecified atom stereocenters. The van der Waals surface area contributed by atoms with Crippen LogP contribution in [0, 0.1) is 19.8 Å². The summed E-state index contributed by atoms with van der Waals surface area (Å²) in [6, 6.07) is 6.55. The van der Waals surface area contributed by atoms with Crippen molar-refractivity contribution < 1.29 is 31.3 Å². The van der Waals surface area contributed by atoms with Gasteiger partial charge in [0.1, 0.15) is 27.5 Å². The average Bonchev–Trinajstić information content (AvgIpc) is 2.70. The van der Waals surface area contributed by atoms with Crippen LogP contribution in [0.5, 0.6) is 11.5 Å². The fraction of sp³-hybridized carbons (Fsp3) is 0.150. The first-order valence-electron chi connectivity index (χ1n) is 8.92. The van der Waals surface area contributed by atoms with Crippen LogP contribution in [0.1, 0.15) is 27.2 Å². The van der Waals surface area contributed by atoms with E-state index in [2.05, 4.69) is 15.3 Å². The highest BCUT2D eigenvalue weighted by atomic mass is 32.2. The number of amides is 1. The van der Waals surface area contributed by atoms with Crippen LogP contribution in [0.25, 0.3) is 0 Å². The predicted molar refractivity (Wildman–Crippen MR) is 108 cm³/mol. The van der Waals surface area contributed by atoms with Crippen LogP contribution < -0.4 is 15.2 Å². The molecule has 0 aliphatic heterocycles. The third kappa shape index (κ3) is 5.26. The number of anilines is 1. The van der Waals surface area contributed by atoms with Crippen LogP contribution in [0.15, 0.2) is 47.6 Å². The highest BCUT2D eigenvalue weighted by molar-refractivity contribution is 7.82. The minimum absolute atomic E-state index is 0.00381. The van der Waals surface area contributed by atoms with E-state index in [4.69, 9.17) is 9.88 Å². The van der Waals surface area contributed by atoms with Gasteiger partial charge in [-0.1, -0.05) is 0 Å². The van der Waals surface area contributed by atoms with Crippen molar-refractivity contribution in [2.24, 2.45) is 5.14 Å². The van der Waals surface area contributed by atoms with Gasteiger partial charge in [-0.05, 0) is 55.8 Å². The first-order valence-corrected chi connectivity index (χ1v) is 10.1. The minimum atomic E-state index is -4.70. The van der Waals surface area contributed by atoms with E-state index in [9.17, 15) is 26.6 Å². The lowest BCUT2D eigenvalue weighted by Gasteiger charge is -2.17. The second-order valence-corrected chi connectivity index (χ2v) is 7.63. The zero-order chi connectivity index (χ0) is 23.6. The molecule has 0 saturated heterocycles. The highest BCUT2D eigenvalue weighted by Gasteiger charge is 2.34. The van der Waals surface area contributed by atoms with E-state index in [-0.39, 0.29) is 33.3 Å². The maximum atomic E-state index is 13.4. The Balaban J connectivity index is 2.05. The van der Waals surface area contributed by atoms with E-state index >= 15 is 0 Å². The van der Waals surface area contributed by atoms with Crippen LogP contribution in [-0.4, -0.2) is 20.1 Å². The van der Waals surface area contributed by atoms with Crippen LogP contribution in [0.2, 0.25) is 0 Å². The molecule has 7 nitrogen and oxygen atoms in total. The van der Waals surface area contributed by atoms with Crippen LogP contribution in [0.4, 0.5) is 23.2 Å². The van der Waals surface area contributed by atoms with Gasteiger partial charge in [0, 0.05) is 11.9 Å². The van der Waals surface area contributed by atoms with Gasteiger partial charge in [-0.25, -0.2) is 19.3 Å². The predicted octanol–water partition coefficient (Wildman–Crippen LogP) is 4.28. The molecule has 2 heterocycles. The molecule has 0 radical (unpaired) electrons. The molecule has 0 saturated carbocycles. The topological polar surface area (TPSA) is 107 Å². The van der Waals surface area contributed by atoms with E-state index in [0.29, 0.717) is 6.07 Å². The van der Waals surface area contributed by atoms with Gasteiger partial charge < -0.3 is 10.1 Å². The van der Waals surface area contributed by atoms with E-state index < -0.39 is 40.3 Å². The third-order valence-corrected chi connectivity index (χ3v) is 4.93. The number of nitrogens with zero attached hydrogens (tertiary/aromatic N) is 2. The van der Waals surface area contributed by atoms with Crippen molar-refractivity contribution in [1.82, 2.24) is 9.97 Å². The molecule has 0 bridgehead atoms. The summed E-state index contributed by atoms with van der Waals surface area (Å²) in [6.45, 7) is 2.61. The number of rotatable bonds is 5. The molecule has 32 heavy (non-hydrogen) atoms. The van der Waals surface area contributed by atoms with Gasteiger partial charge in [-0.3, -0.25) is 4.79 Å².